The minimum absolute atomic E-state index is 0.0486. The number of hydrogen-bond donors (Lipinski definition) is 0. The number of esters is 1. The second kappa shape index (κ2) is 5.48. The predicted octanol–water partition coefficient (Wildman–Crippen LogP) is 1.27. The Balaban J connectivity index is 1.68. The highest BCUT2D eigenvalue weighted by Crippen LogP contribution is 2.21. The van der Waals surface area contributed by atoms with Crippen molar-refractivity contribution in [3.63, 3.8) is 0 Å². The van der Waals surface area contributed by atoms with Gasteiger partial charge in [-0.1, -0.05) is 0 Å². The lowest BCUT2D eigenvalue weighted by Gasteiger charge is -2.15. The van der Waals surface area contributed by atoms with Crippen molar-refractivity contribution >= 4 is 28.2 Å². The topological polar surface area (TPSA) is 63.9 Å². The molecule has 0 spiro atoms. The van der Waals surface area contributed by atoms with Crippen LogP contribution in [0.3, 0.4) is 0 Å². The number of methoxy groups -OCH3 is 1. The van der Waals surface area contributed by atoms with E-state index in [2.05, 4.69) is 4.98 Å². The minimum Gasteiger partial charge on any atom is -0.469 e. The largest absolute Gasteiger partial charge is 0.469 e. The molecule has 2 aromatic rings. The van der Waals surface area contributed by atoms with Gasteiger partial charge in [0.1, 0.15) is 0 Å². The van der Waals surface area contributed by atoms with Gasteiger partial charge in [-0.15, -0.1) is 11.3 Å². The number of carbonyl (C=O) groups excluding carboxylic acids is 2. The summed E-state index contributed by atoms with van der Waals surface area (Å²) in [6, 6.07) is 0. The van der Waals surface area contributed by atoms with Crippen LogP contribution in [0.15, 0.2) is 11.6 Å². The van der Waals surface area contributed by atoms with Crippen LogP contribution in [0, 0.1) is 12.8 Å². The number of fused-ring (bicyclic) bond motifs is 1. The summed E-state index contributed by atoms with van der Waals surface area (Å²) < 4.78 is 6.70. The fourth-order valence-corrected chi connectivity index (χ4v) is 3.60. The first-order chi connectivity index (χ1) is 10.1. The molecule has 1 unspecified atom stereocenters. The van der Waals surface area contributed by atoms with Crippen LogP contribution in [0.2, 0.25) is 0 Å². The third-order valence-corrected chi connectivity index (χ3v) is 4.70. The van der Waals surface area contributed by atoms with E-state index < -0.39 is 0 Å². The molecule has 1 atom stereocenters. The number of hydrogen-bond acceptors (Lipinski definition) is 5. The van der Waals surface area contributed by atoms with Gasteiger partial charge < -0.3 is 9.64 Å². The maximum absolute atomic E-state index is 12.4. The zero-order valence-corrected chi connectivity index (χ0v) is 12.9. The molecule has 112 valence electrons. The van der Waals surface area contributed by atoms with E-state index in [9.17, 15) is 9.59 Å². The molecule has 1 aliphatic rings. The van der Waals surface area contributed by atoms with E-state index in [1.807, 2.05) is 22.9 Å². The van der Waals surface area contributed by atoms with Gasteiger partial charge >= 0.3 is 5.97 Å². The first kappa shape index (κ1) is 14.1. The molecule has 0 bridgehead atoms. The quantitative estimate of drug-likeness (QED) is 0.801. The number of imidazole rings is 1. The van der Waals surface area contributed by atoms with Crippen LogP contribution in [-0.4, -0.2) is 46.4 Å². The standard InChI is InChI=1S/C14H17N3O3S/c1-9-6-17-11(8-21-14(17)15-9)5-12(18)16-4-3-10(7-16)13(19)20-2/h6,8,10H,3-5,7H2,1-2H3. The van der Waals surface area contributed by atoms with Crippen LogP contribution >= 0.6 is 11.3 Å². The molecule has 1 amide bonds. The number of aromatic nitrogens is 2. The summed E-state index contributed by atoms with van der Waals surface area (Å²) in [6.45, 7) is 3.02. The molecule has 0 aliphatic carbocycles. The van der Waals surface area contributed by atoms with Crippen molar-refractivity contribution in [3.05, 3.63) is 23.0 Å². The third-order valence-electron chi connectivity index (χ3n) is 3.81. The SMILES string of the molecule is COC(=O)C1CCN(C(=O)Cc2csc3nc(C)cn23)C1. The first-order valence-corrected chi connectivity index (χ1v) is 7.74. The van der Waals surface area contributed by atoms with Crippen LogP contribution < -0.4 is 0 Å². The molecule has 1 saturated heterocycles. The molecule has 1 aliphatic heterocycles. The Morgan fingerprint density at radius 2 is 2.33 bits per heavy atom. The van der Waals surface area contributed by atoms with Gasteiger partial charge in [0, 0.05) is 30.4 Å². The Kier molecular flexibility index (Phi) is 3.67. The van der Waals surface area contributed by atoms with Gasteiger partial charge in [-0.2, -0.15) is 0 Å². The zero-order valence-electron chi connectivity index (χ0n) is 12.0. The highest BCUT2D eigenvalue weighted by atomic mass is 32.1. The van der Waals surface area contributed by atoms with E-state index >= 15 is 0 Å². The number of amides is 1. The summed E-state index contributed by atoms with van der Waals surface area (Å²) in [6.07, 6.45) is 2.96. The maximum Gasteiger partial charge on any atom is 0.310 e. The second-order valence-electron chi connectivity index (χ2n) is 5.29. The van der Waals surface area contributed by atoms with E-state index in [1.165, 1.54) is 18.4 Å². The third kappa shape index (κ3) is 2.65. The average molecular weight is 307 g/mol. The Morgan fingerprint density at radius 1 is 1.52 bits per heavy atom. The fraction of sp³-hybridized carbons (Fsp3) is 0.500. The Labute approximate surface area is 126 Å². The number of aryl methyl sites for hydroxylation is 1. The summed E-state index contributed by atoms with van der Waals surface area (Å²) in [7, 11) is 1.39. The van der Waals surface area contributed by atoms with Gasteiger partial charge in [-0.25, -0.2) is 4.98 Å². The summed E-state index contributed by atoms with van der Waals surface area (Å²) in [5.74, 6) is -0.363. The van der Waals surface area contributed by atoms with Crippen molar-refractivity contribution in [2.24, 2.45) is 5.92 Å². The lowest BCUT2D eigenvalue weighted by atomic mass is 10.1. The van der Waals surface area contributed by atoms with Crippen LogP contribution in [0.25, 0.3) is 4.96 Å². The van der Waals surface area contributed by atoms with Crippen LogP contribution in [0.5, 0.6) is 0 Å². The molecule has 0 aromatic carbocycles. The van der Waals surface area contributed by atoms with Gasteiger partial charge in [-0.05, 0) is 13.3 Å². The van der Waals surface area contributed by atoms with Gasteiger partial charge in [0.2, 0.25) is 5.91 Å². The van der Waals surface area contributed by atoms with E-state index in [0.717, 1.165) is 16.3 Å². The summed E-state index contributed by atoms with van der Waals surface area (Å²) in [4.78, 5) is 30.9. The van der Waals surface area contributed by atoms with Crippen molar-refractivity contribution in [2.45, 2.75) is 19.8 Å². The summed E-state index contributed by atoms with van der Waals surface area (Å²) in [5, 5.41) is 1.97. The van der Waals surface area contributed by atoms with Crippen LogP contribution in [0.4, 0.5) is 0 Å². The van der Waals surface area contributed by atoms with E-state index in [-0.39, 0.29) is 17.8 Å². The number of carbonyl (C=O) groups is 2. The number of nitrogens with zero attached hydrogens (tertiary/aromatic N) is 3. The van der Waals surface area contributed by atoms with E-state index in [4.69, 9.17) is 4.74 Å². The first-order valence-electron chi connectivity index (χ1n) is 6.86. The second-order valence-corrected chi connectivity index (χ2v) is 6.12. The van der Waals surface area contributed by atoms with Crippen molar-refractivity contribution in [1.82, 2.24) is 14.3 Å². The number of thiazole rings is 1. The molecule has 3 heterocycles. The molecule has 7 heteroatoms. The molecular formula is C14H17N3O3S. The van der Waals surface area contributed by atoms with Crippen molar-refractivity contribution < 1.29 is 14.3 Å². The molecule has 6 nitrogen and oxygen atoms in total. The lowest BCUT2D eigenvalue weighted by Crippen LogP contribution is -2.31. The zero-order chi connectivity index (χ0) is 15.0. The van der Waals surface area contributed by atoms with Gasteiger partial charge in [0.15, 0.2) is 4.96 Å². The Hall–Kier alpha value is -1.89. The molecular weight excluding hydrogens is 290 g/mol. The number of likely N-dealkylation sites (tertiary alicyclic amines) is 1. The van der Waals surface area contributed by atoms with Gasteiger partial charge in [0.05, 0.1) is 25.1 Å². The molecule has 1 fully saturated rings. The lowest BCUT2D eigenvalue weighted by molar-refractivity contribution is -0.145. The highest BCUT2D eigenvalue weighted by Gasteiger charge is 2.31. The molecule has 0 saturated carbocycles. The molecule has 21 heavy (non-hydrogen) atoms. The van der Waals surface area contributed by atoms with E-state index in [0.29, 0.717) is 25.9 Å². The van der Waals surface area contributed by atoms with Crippen LogP contribution in [0.1, 0.15) is 17.8 Å². The van der Waals surface area contributed by atoms with Crippen molar-refractivity contribution in [2.75, 3.05) is 20.2 Å². The molecule has 0 radical (unpaired) electrons. The molecule has 2 aromatic heterocycles. The fourth-order valence-electron chi connectivity index (χ4n) is 2.68. The maximum atomic E-state index is 12.4. The number of rotatable bonds is 3. The van der Waals surface area contributed by atoms with E-state index in [1.54, 1.807) is 4.90 Å². The van der Waals surface area contributed by atoms with Gasteiger partial charge in [0.25, 0.3) is 0 Å². The van der Waals surface area contributed by atoms with Crippen molar-refractivity contribution in [1.29, 1.82) is 0 Å². The Morgan fingerprint density at radius 3 is 3.10 bits per heavy atom. The average Bonchev–Trinajstić information content (AvgIpc) is 3.15. The van der Waals surface area contributed by atoms with Gasteiger partial charge in [-0.3, -0.25) is 14.0 Å². The minimum atomic E-state index is -0.228. The van der Waals surface area contributed by atoms with Crippen LogP contribution in [-0.2, 0) is 20.7 Å². The predicted molar refractivity (Wildman–Crippen MR) is 78.2 cm³/mol. The monoisotopic (exact) mass is 307 g/mol. The number of ether oxygens (including phenoxy) is 1. The molecule has 0 N–H and O–H groups in total. The summed E-state index contributed by atoms with van der Waals surface area (Å²) >= 11 is 1.54. The Bertz CT molecular complexity index is 691. The summed E-state index contributed by atoms with van der Waals surface area (Å²) in [5.41, 5.74) is 1.89. The normalized spacial score (nSPS) is 18.4. The van der Waals surface area contributed by atoms with Crippen molar-refractivity contribution in [3.8, 4) is 0 Å². The smallest absolute Gasteiger partial charge is 0.310 e. The highest BCUT2D eigenvalue weighted by molar-refractivity contribution is 7.15. The molecule has 3 rings (SSSR count).